The quantitative estimate of drug-likeness (QED) is 0.841. The summed E-state index contributed by atoms with van der Waals surface area (Å²) in [6.07, 6.45) is 3.21. The van der Waals surface area contributed by atoms with Gasteiger partial charge in [-0.25, -0.2) is 0 Å². The first kappa shape index (κ1) is 12.5. The summed E-state index contributed by atoms with van der Waals surface area (Å²) in [5.41, 5.74) is 0.832. The van der Waals surface area contributed by atoms with Crippen LogP contribution in [-0.4, -0.2) is 18.9 Å². The van der Waals surface area contributed by atoms with Crippen LogP contribution in [0.25, 0.3) is 0 Å². The lowest BCUT2D eigenvalue weighted by atomic mass is 9.89. The Bertz CT molecular complexity index is 495. The standard InChI is InChI=1S/C14H15Cl2NO/c15-11-3-1-2-9(12(11)16)13(18)10-8-14(10)4-6-17-7-5-14/h1-3,10,17H,4-8H2. The monoisotopic (exact) mass is 283 g/mol. The molecular weight excluding hydrogens is 269 g/mol. The van der Waals surface area contributed by atoms with E-state index in [1.165, 1.54) is 0 Å². The normalized spacial score (nSPS) is 25.1. The summed E-state index contributed by atoms with van der Waals surface area (Å²) in [5.74, 6) is 0.319. The molecule has 1 aliphatic heterocycles. The molecule has 1 saturated heterocycles. The summed E-state index contributed by atoms with van der Waals surface area (Å²) >= 11 is 12.1. The lowest BCUT2D eigenvalue weighted by molar-refractivity contribution is 0.0941. The molecular formula is C14H15Cl2NO. The number of carbonyl (C=O) groups is 1. The molecule has 2 fully saturated rings. The van der Waals surface area contributed by atoms with Crippen LogP contribution in [0.15, 0.2) is 18.2 Å². The van der Waals surface area contributed by atoms with Crippen molar-refractivity contribution in [1.82, 2.24) is 5.32 Å². The highest BCUT2D eigenvalue weighted by Crippen LogP contribution is 2.59. The highest BCUT2D eigenvalue weighted by molar-refractivity contribution is 6.44. The predicted molar refractivity (Wildman–Crippen MR) is 73.4 cm³/mol. The Hall–Kier alpha value is -0.570. The van der Waals surface area contributed by atoms with Crippen LogP contribution in [0.3, 0.4) is 0 Å². The number of benzene rings is 1. The molecule has 18 heavy (non-hydrogen) atoms. The molecule has 1 aromatic carbocycles. The zero-order valence-electron chi connectivity index (χ0n) is 10.0. The summed E-state index contributed by atoms with van der Waals surface area (Å²) in [5, 5.41) is 4.21. The Morgan fingerprint density at radius 1 is 1.28 bits per heavy atom. The van der Waals surface area contributed by atoms with Gasteiger partial charge in [-0.3, -0.25) is 4.79 Å². The molecule has 1 heterocycles. The maximum atomic E-state index is 12.5. The number of ketones is 1. The Kier molecular flexibility index (Phi) is 3.13. The SMILES string of the molecule is O=C(c1cccc(Cl)c1Cl)C1CC12CCNCC2. The third-order valence-electron chi connectivity index (χ3n) is 4.32. The van der Waals surface area contributed by atoms with Crippen LogP contribution in [-0.2, 0) is 0 Å². The van der Waals surface area contributed by atoms with E-state index in [1.807, 2.05) is 0 Å². The zero-order valence-corrected chi connectivity index (χ0v) is 11.5. The van der Waals surface area contributed by atoms with Gasteiger partial charge in [0.15, 0.2) is 5.78 Å². The Balaban J connectivity index is 1.82. The van der Waals surface area contributed by atoms with Crippen LogP contribution in [0.1, 0.15) is 29.6 Å². The fraction of sp³-hybridized carbons (Fsp3) is 0.500. The van der Waals surface area contributed by atoms with Gasteiger partial charge >= 0.3 is 0 Å². The Morgan fingerprint density at radius 3 is 2.72 bits per heavy atom. The van der Waals surface area contributed by atoms with E-state index in [2.05, 4.69) is 5.32 Å². The number of nitrogens with one attached hydrogen (secondary N) is 1. The van der Waals surface area contributed by atoms with Crippen molar-refractivity contribution in [3.8, 4) is 0 Å². The van der Waals surface area contributed by atoms with Crippen LogP contribution in [0.2, 0.25) is 10.0 Å². The second kappa shape index (κ2) is 4.52. The van der Waals surface area contributed by atoms with Crippen molar-refractivity contribution in [2.75, 3.05) is 13.1 Å². The molecule has 0 aromatic heterocycles. The van der Waals surface area contributed by atoms with Gasteiger partial charge in [0.05, 0.1) is 10.0 Å². The topological polar surface area (TPSA) is 29.1 Å². The summed E-state index contributed by atoms with van der Waals surface area (Å²) in [6.45, 7) is 2.04. The summed E-state index contributed by atoms with van der Waals surface area (Å²) in [6, 6.07) is 5.29. The molecule has 1 saturated carbocycles. The second-order valence-electron chi connectivity index (χ2n) is 5.33. The smallest absolute Gasteiger partial charge is 0.168 e. The third kappa shape index (κ3) is 1.97. The van der Waals surface area contributed by atoms with Gasteiger partial charge in [0.1, 0.15) is 0 Å². The Morgan fingerprint density at radius 2 is 2.00 bits per heavy atom. The van der Waals surface area contributed by atoms with Crippen molar-refractivity contribution < 1.29 is 4.79 Å². The van der Waals surface area contributed by atoms with Crippen LogP contribution >= 0.6 is 23.2 Å². The molecule has 1 N–H and O–H groups in total. The zero-order chi connectivity index (χ0) is 12.8. The molecule has 1 aromatic rings. The molecule has 2 nitrogen and oxygen atoms in total. The molecule has 1 aliphatic carbocycles. The highest BCUT2D eigenvalue weighted by atomic mass is 35.5. The summed E-state index contributed by atoms with van der Waals surface area (Å²) in [7, 11) is 0. The van der Waals surface area contributed by atoms with Gasteiger partial charge in [0.2, 0.25) is 0 Å². The minimum Gasteiger partial charge on any atom is -0.317 e. The van der Waals surface area contributed by atoms with E-state index in [9.17, 15) is 4.79 Å². The number of piperidine rings is 1. The number of carbonyl (C=O) groups excluding carboxylic acids is 1. The number of Topliss-reactive ketones (excluding diaryl/α,β-unsaturated/α-hetero) is 1. The van der Waals surface area contributed by atoms with E-state index in [0.717, 1.165) is 32.4 Å². The van der Waals surface area contributed by atoms with Crippen molar-refractivity contribution in [1.29, 1.82) is 0 Å². The maximum absolute atomic E-state index is 12.5. The minimum absolute atomic E-state index is 0.149. The first-order valence-electron chi connectivity index (χ1n) is 6.33. The molecule has 1 unspecified atom stereocenters. The van der Waals surface area contributed by atoms with E-state index < -0.39 is 0 Å². The maximum Gasteiger partial charge on any atom is 0.168 e. The lowest BCUT2D eigenvalue weighted by Crippen LogP contribution is -2.30. The largest absolute Gasteiger partial charge is 0.317 e. The van der Waals surface area contributed by atoms with Gasteiger partial charge < -0.3 is 5.32 Å². The fourth-order valence-electron chi connectivity index (χ4n) is 3.08. The molecule has 0 bridgehead atoms. The average Bonchev–Trinajstić information content (AvgIpc) is 3.06. The fourth-order valence-corrected chi connectivity index (χ4v) is 3.47. The van der Waals surface area contributed by atoms with Crippen LogP contribution in [0.4, 0.5) is 0 Å². The predicted octanol–water partition coefficient (Wildman–Crippen LogP) is 3.57. The van der Waals surface area contributed by atoms with Crippen molar-refractivity contribution in [2.24, 2.45) is 11.3 Å². The van der Waals surface area contributed by atoms with E-state index >= 15 is 0 Å². The number of hydrogen-bond donors (Lipinski definition) is 1. The highest BCUT2D eigenvalue weighted by Gasteiger charge is 2.57. The number of hydrogen-bond acceptors (Lipinski definition) is 2. The van der Waals surface area contributed by atoms with Crippen molar-refractivity contribution in [2.45, 2.75) is 19.3 Å². The summed E-state index contributed by atoms with van der Waals surface area (Å²) < 4.78 is 0. The van der Waals surface area contributed by atoms with Crippen molar-refractivity contribution in [3.05, 3.63) is 33.8 Å². The third-order valence-corrected chi connectivity index (χ3v) is 5.14. The van der Waals surface area contributed by atoms with E-state index in [1.54, 1.807) is 18.2 Å². The van der Waals surface area contributed by atoms with Crippen LogP contribution in [0, 0.1) is 11.3 Å². The molecule has 1 atom stereocenters. The van der Waals surface area contributed by atoms with Crippen molar-refractivity contribution in [3.63, 3.8) is 0 Å². The van der Waals surface area contributed by atoms with E-state index in [4.69, 9.17) is 23.2 Å². The molecule has 96 valence electrons. The van der Waals surface area contributed by atoms with E-state index in [0.29, 0.717) is 15.6 Å². The van der Waals surface area contributed by atoms with E-state index in [-0.39, 0.29) is 17.1 Å². The Labute approximate surface area is 117 Å². The molecule has 0 amide bonds. The summed E-state index contributed by atoms with van der Waals surface area (Å²) in [4.78, 5) is 12.5. The lowest BCUT2D eigenvalue weighted by Gasteiger charge is -2.23. The van der Waals surface area contributed by atoms with Gasteiger partial charge in [-0.1, -0.05) is 29.3 Å². The molecule has 1 spiro atoms. The molecule has 4 heteroatoms. The van der Waals surface area contributed by atoms with Gasteiger partial charge in [-0.2, -0.15) is 0 Å². The van der Waals surface area contributed by atoms with Gasteiger partial charge in [-0.15, -0.1) is 0 Å². The number of rotatable bonds is 2. The molecule has 0 radical (unpaired) electrons. The number of halogens is 2. The van der Waals surface area contributed by atoms with Gasteiger partial charge in [0, 0.05) is 11.5 Å². The average molecular weight is 284 g/mol. The molecule has 3 rings (SSSR count). The minimum atomic E-state index is 0.149. The van der Waals surface area contributed by atoms with Gasteiger partial charge in [0.25, 0.3) is 0 Å². The van der Waals surface area contributed by atoms with Crippen molar-refractivity contribution >= 4 is 29.0 Å². The first-order chi connectivity index (χ1) is 8.64. The first-order valence-corrected chi connectivity index (χ1v) is 7.09. The van der Waals surface area contributed by atoms with Gasteiger partial charge in [-0.05, 0) is 49.9 Å². The van der Waals surface area contributed by atoms with Crippen LogP contribution in [0.5, 0.6) is 0 Å². The van der Waals surface area contributed by atoms with Crippen LogP contribution < -0.4 is 5.32 Å². The molecule has 2 aliphatic rings. The second-order valence-corrected chi connectivity index (χ2v) is 6.12.